The van der Waals surface area contributed by atoms with Crippen LogP contribution in [0.1, 0.15) is 26.3 Å². The lowest BCUT2D eigenvalue weighted by atomic mass is 10.0. The monoisotopic (exact) mass is 661 g/mol. The number of benzene rings is 2. The van der Waals surface area contributed by atoms with Crippen LogP contribution in [0.15, 0.2) is 40.5 Å². The number of carbonyl (C=O) groups excluding carboxylic acids is 1. The lowest BCUT2D eigenvalue weighted by Crippen LogP contribution is -2.58. The van der Waals surface area contributed by atoms with Gasteiger partial charge >= 0.3 is 5.69 Å². The first-order valence-corrected chi connectivity index (χ1v) is 16.4. The van der Waals surface area contributed by atoms with Gasteiger partial charge in [-0.1, -0.05) is 29.8 Å². The molecule has 2 bridgehead atoms. The number of hydrogen-bond donors (Lipinski definition) is 0. The quantitative estimate of drug-likeness (QED) is 0.269. The molecule has 3 fully saturated rings. The van der Waals surface area contributed by atoms with Gasteiger partial charge in [-0.2, -0.15) is 4.98 Å². The van der Waals surface area contributed by atoms with E-state index < -0.39 is 17.3 Å². The van der Waals surface area contributed by atoms with Crippen LogP contribution < -0.4 is 10.6 Å². The third kappa shape index (κ3) is 4.83. The molecule has 7 rings (SSSR count). The van der Waals surface area contributed by atoms with Crippen LogP contribution in [0.2, 0.25) is 10.0 Å². The van der Waals surface area contributed by atoms with Crippen molar-refractivity contribution in [3.8, 4) is 11.1 Å². The number of morpholine rings is 1. The fourth-order valence-electron chi connectivity index (χ4n) is 7.20. The highest BCUT2D eigenvalue weighted by molar-refractivity contribution is 7.99. The van der Waals surface area contributed by atoms with Crippen molar-refractivity contribution in [2.24, 2.45) is 0 Å². The number of halogens is 4. The first-order chi connectivity index (χ1) is 21.0. The Labute approximate surface area is 267 Å². The van der Waals surface area contributed by atoms with Gasteiger partial charge in [0, 0.05) is 77.5 Å². The standard InChI is InChI=1S/C31H31Cl2F2N5O3S/c1-4-26(41)38-9-16(3)39(10-15(38)2)30-21-7-23(33)27(20-6-22(32)25(35)8-24(20)34)29-28(21)40(31(42)36-30)18(14-44-29)11-37-12-19-5-17(37)13-43-19/h4,6-8,15-19H,1,5,9-14H2,2-3H3/t15-,16+,17+,18+,19+/m1/s1. The Morgan fingerprint density at radius 3 is 2.64 bits per heavy atom. The molecule has 0 unspecified atom stereocenters. The van der Waals surface area contributed by atoms with Crippen molar-refractivity contribution in [1.29, 1.82) is 0 Å². The van der Waals surface area contributed by atoms with Gasteiger partial charge in [0.1, 0.15) is 17.5 Å². The Balaban J connectivity index is 1.41. The molecule has 5 atom stereocenters. The van der Waals surface area contributed by atoms with Crippen molar-refractivity contribution in [2.75, 3.05) is 43.4 Å². The lowest BCUT2D eigenvalue weighted by molar-refractivity contribution is -0.128. The molecule has 0 aliphatic carbocycles. The van der Waals surface area contributed by atoms with Crippen LogP contribution in [0.25, 0.3) is 22.0 Å². The third-order valence-corrected chi connectivity index (χ3v) is 11.2. The highest BCUT2D eigenvalue weighted by Crippen LogP contribution is 2.49. The van der Waals surface area contributed by atoms with E-state index >= 15 is 4.39 Å². The average Bonchev–Trinajstić information content (AvgIpc) is 3.62. The number of fused-ring (bicyclic) bond motifs is 2. The number of aromatic nitrogens is 2. The summed E-state index contributed by atoms with van der Waals surface area (Å²) in [7, 11) is 0. The smallest absolute Gasteiger partial charge is 0.350 e. The van der Waals surface area contributed by atoms with Crippen LogP contribution in [0.5, 0.6) is 0 Å². The second-order valence-electron chi connectivity index (χ2n) is 12.1. The molecule has 0 saturated carbocycles. The fraction of sp³-hybridized carbons (Fsp3) is 0.452. The third-order valence-electron chi connectivity index (χ3n) is 9.34. The first kappa shape index (κ1) is 30.0. The minimum atomic E-state index is -0.865. The molecule has 0 spiro atoms. The molecule has 8 nitrogen and oxygen atoms in total. The number of rotatable bonds is 5. The summed E-state index contributed by atoms with van der Waals surface area (Å²) in [6.07, 6.45) is 2.51. The summed E-state index contributed by atoms with van der Waals surface area (Å²) >= 11 is 14.6. The summed E-state index contributed by atoms with van der Waals surface area (Å²) in [5.41, 5.74) is 0.637. The molecule has 232 valence electrons. The molecule has 4 aliphatic rings. The van der Waals surface area contributed by atoms with Crippen molar-refractivity contribution in [3.05, 3.63) is 63.0 Å². The average molecular weight is 663 g/mol. The molecule has 1 amide bonds. The van der Waals surface area contributed by atoms with Gasteiger partial charge in [0.2, 0.25) is 5.91 Å². The maximum atomic E-state index is 15.3. The summed E-state index contributed by atoms with van der Waals surface area (Å²) < 4.78 is 37.0. The van der Waals surface area contributed by atoms with E-state index in [0.717, 1.165) is 19.0 Å². The summed E-state index contributed by atoms with van der Waals surface area (Å²) in [5.74, 6) is -0.808. The maximum Gasteiger partial charge on any atom is 0.350 e. The largest absolute Gasteiger partial charge is 0.375 e. The number of nitrogens with zero attached hydrogens (tertiary/aromatic N) is 5. The van der Waals surface area contributed by atoms with E-state index in [9.17, 15) is 14.0 Å². The van der Waals surface area contributed by atoms with E-state index in [1.54, 1.807) is 15.5 Å². The molecular formula is C31H31Cl2F2N5O3S. The molecule has 0 radical (unpaired) electrons. The second kappa shape index (κ2) is 11.3. The zero-order valence-corrected chi connectivity index (χ0v) is 26.6. The van der Waals surface area contributed by atoms with Gasteiger partial charge in [0.15, 0.2) is 0 Å². The lowest BCUT2D eigenvalue weighted by Gasteiger charge is -2.45. The minimum Gasteiger partial charge on any atom is -0.375 e. The van der Waals surface area contributed by atoms with Crippen LogP contribution in [-0.2, 0) is 9.53 Å². The van der Waals surface area contributed by atoms with E-state index in [4.69, 9.17) is 27.9 Å². The van der Waals surface area contributed by atoms with Gasteiger partial charge in [-0.3, -0.25) is 14.3 Å². The number of amides is 1. The molecule has 13 heteroatoms. The summed E-state index contributed by atoms with van der Waals surface area (Å²) in [6, 6.07) is 3.51. The molecular weight excluding hydrogens is 631 g/mol. The first-order valence-electron chi connectivity index (χ1n) is 14.7. The topological polar surface area (TPSA) is 70.9 Å². The van der Waals surface area contributed by atoms with Gasteiger partial charge in [0.05, 0.1) is 34.3 Å². The van der Waals surface area contributed by atoms with Crippen molar-refractivity contribution in [3.63, 3.8) is 0 Å². The SMILES string of the molecule is C=CC(=O)N1C[C@H](C)N(c2nc(=O)n3c4c(c(-c5cc(Cl)c(F)cc5F)c(Cl)cc24)SC[C@@H]3CN2C[C@@H]3C[C@H]2CO3)C[C@H]1C. The number of thioether (sulfide) groups is 1. The van der Waals surface area contributed by atoms with Gasteiger partial charge in [-0.05, 0) is 38.5 Å². The zero-order valence-electron chi connectivity index (χ0n) is 24.2. The Morgan fingerprint density at radius 1 is 1.14 bits per heavy atom. The molecule has 44 heavy (non-hydrogen) atoms. The number of hydrogen-bond acceptors (Lipinski definition) is 7. The van der Waals surface area contributed by atoms with E-state index in [1.807, 2.05) is 18.7 Å². The molecule has 0 N–H and O–H groups in total. The Hall–Kier alpha value is -2.70. The summed E-state index contributed by atoms with van der Waals surface area (Å²) in [6.45, 7) is 10.6. The summed E-state index contributed by atoms with van der Waals surface area (Å²) in [4.78, 5) is 38.1. The molecule has 4 aliphatic heterocycles. The molecule has 3 saturated heterocycles. The van der Waals surface area contributed by atoms with Gasteiger partial charge < -0.3 is 14.5 Å². The minimum absolute atomic E-state index is 0.0640. The second-order valence-corrected chi connectivity index (χ2v) is 13.9. The summed E-state index contributed by atoms with van der Waals surface area (Å²) in [5, 5.41) is 0.675. The molecule has 5 heterocycles. The van der Waals surface area contributed by atoms with E-state index in [-0.39, 0.29) is 45.7 Å². The normalized spacial score (nSPS) is 26.5. The molecule has 3 aromatic rings. The van der Waals surface area contributed by atoms with Crippen molar-refractivity contribution in [2.45, 2.75) is 55.4 Å². The molecule has 2 aromatic carbocycles. The maximum absolute atomic E-state index is 15.3. The van der Waals surface area contributed by atoms with Crippen LogP contribution in [0.3, 0.4) is 0 Å². The van der Waals surface area contributed by atoms with Crippen molar-refractivity contribution in [1.82, 2.24) is 19.4 Å². The van der Waals surface area contributed by atoms with Crippen LogP contribution in [-0.4, -0.2) is 88.0 Å². The number of anilines is 1. The Kier molecular flexibility index (Phi) is 7.68. The predicted molar refractivity (Wildman–Crippen MR) is 169 cm³/mol. The number of piperazine rings is 1. The number of ether oxygens (including phenoxy) is 1. The fourth-order valence-corrected chi connectivity index (χ4v) is 9.05. The van der Waals surface area contributed by atoms with Crippen LogP contribution in [0, 0.1) is 11.6 Å². The Bertz CT molecular complexity index is 1770. The highest BCUT2D eigenvalue weighted by atomic mass is 35.5. The van der Waals surface area contributed by atoms with Crippen molar-refractivity contribution >= 4 is 57.6 Å². The Morgan fingerprint density at radius 2 is 1.93 bits per heavy atom. The van der Waals surface area contributed by atoms with Gasteiger partial charge in [-0.25, -0.2) is 13.6 Å². The van der Waals surface area contributed by atoms with Crippen LogP contribution in [0.4, 0.5) is 14.6 Å². The van der Waals surface area contributed by atoms with E-state index in [2.05, 4.69) is 16.5 Å². The number of likely N-dealkylation sites (tertiary alicyclic amines) is 1. The molecule has 1 aromatic heterocycles. The predicted octanol–water partition coefficient (Wildman–Crippen LogP) is 5.38. The van der Waals surface area contributed by atoms with E-state index in [0.29, 0.717) is 65.2 Å². The van der Waals surface area contributed by atoms with E-state index in [1.165, 1.54) is 23.9 Å². The van der Waals surface area contributed by atoms with Crippen LogP contribution >= 0.6 is 35.0 Å². The van der Waals surface area contributed by atoms with Gasteiger partial charge in [-0.15, -0.1) is 11.8 Å². The number of carbonyl (C=O) groups is 1. The zero-order chi connectivity index (χ0) is 31.0. The van der Waals surface area contributed by atoms with Crippen molar-refractivity contribution < 1.29 is 18.3 Å². The van der Waals surface area contributed by atoms with Gasteiger partial charge in [0.25, 0.3) is 0 Å². The highest BCUT2D eigenvalue weighted by Gasteiger charge is 2.41.